The fourth-order valence-corrected chi connectivity index (χ4v) is 1.62. The van der Waals surface area contributed by atoms with E-state index in [4.69, 9.17) is 11.5 Å². The van der Waals surface area contributed by atoms with Gasteiger partial charge >= 0.3 is 0 Å². The molecule has 0 saturated carbocycles. The Morgan fingerprint density at radius 3 is 2.25 bits per heavy atom. The smallest absolute Gasteiger partial charge is 0.237 e. The standard InChI is InChI=1S/C13H21N5O2/c1-9(2)16-5-10-3-4-13(17-6-10)18(7-11(14)19)8-12(15)20/h3-4,6,9,16H,5,7-8H2,1-2H3,(H2,14,19)(H2,15,20). The maximum absolute atomic E-state index is 11.0. The molecule has 2 amide bonds. The Morgan fingerprint density at radius 2 is 1.85 bits per heavy atom. The first-order valence-corrected chi connectivity index (χ1v) is 6.38. The van der Waals surface area contributed by atoms with Gasteiger partial charge in [0.05, 0.1) is 13.1 Å². The molecule has 0 spiro atoms. The van der Waals surface area contributed by atoms with Crippen molar-refractivity contribution in [3.63, 3.8) is 0 Å². The highest BCUT2D eigenvalue weighted by Crippen LogP contribution is 2.11. The SMILES string of the molecule is CC(C)NCc1ccc(N(CC(N)=O)CC(N)=O)nc1. The second-order valence-corrected chi connectivity index (χ2v) is 4.85. The van der Waals surface area contributed by atoms with E-state index < -0.39 is 11.8 Å². The first-order chi connectivity index (χ1) is 9.38. The molecule has 0 saturated heterocycles. The van der Waals surface area contributed by atoms with Crippen molar-refractivity contribution in [3.05, 3.63) is 23.9 Å². The Kier molecular flexibility index (Phi) is 5.92. The third kappa shape index (κ3) is 5.66. The van der Waals surface area contributed by atoms with Gasteiger partial charge in [0.25, 0.3) is 0 Å². The number of nitrogens with one attached hydrogen (secondary N) is 1. The van der Waals surface area contributed by atoms with Gasteiger partial charge in [0, 0.05) is 18.8 Å². The Hall–Kier alpha value is -2.15. The molecule has 5 N–H and O–H groups in total. The Balaban J connectivity index is 2.76. The van der Waals surface area contributed by atoms with Gasteiger partial charge in [-0.05, 0) is 11.6 Å². The largest absolute Gasteiger partial charge is 0.368 e. The zero-order valence-corrected chi connectivity index (χ0v) is 11.8. The number of amides is 2. The second-order valence-electron chi connectivity index (χ2n) is 4.85. The first kappa shape index (κ1) is 15.9. The zero-order valence-electron chi connectivity index (χ0n) is 11.8. The summed E-state index contributed by atoms with van der Waals surface area (Å²) in [6.07, 6.45) is 1.69. The van der Waals surface area contributed by atoms with Crippen molar-refractivity contribution < 1.29 is 9.59 Å². The number of hydrogen-bond acceptors (Lipinski definition) is 5. The molecule has 0 aliphatic heterocycles. The summed E-state index contributed by atoms with van der Waals surface area (Å²) in [6, 6.07) is 4.01. The molecule has 1 aromatic heterocycles. The van der Waals surface area contributed by atoms with E-state index in [2.05, 4.69) is 24.1 Å². The summed E-state index contributed by atoms with van der Waals surface area (Å²) >= 11 is 0. The predicted molar refractivity (Wildman–Crippen MR) is 76.8 cm³/mol. The summed E-state index contributed by atoms with van der Waals surface area (Å²) in [7, 11) is 0. The molecule has 110 valence electrons. The lowest BCUT2D eigenvalue weighted by atomic mass is 10.2. The van der Waals surface area contributed by atoms with E-state index in [1.165, 1.54) is 4.90 Å². The van der Waals surface area contributed by atoms with Crippen LogP contribution in [0.3, 0.4) is 0 Å². The van der Waals surface area contributed by atoms with Gasteiger partial charge in [0.2, 0.25) is 11.8 Å². The number of aromatic nitrogens is 1. The van der Waals surface area contributed by atoms with E-state index >= 15 is 0 Å². The van der Waals surface area contributed by atoms with Gasteiger partial charge in [-0.1, -0.05) is 19.9 Å². The van der Waals surface area contributed by atoms with E-state index in [0.29, 0.717) is 18.4 Å². The van der Waals surface area contributed by atoms with Crippen molar-refractivity contribution in [1.29, 1.82) is 0 Å². The van der Waals surface area contributed by atoms with Crippen LogP contribution >= 0.6 is 0 Å². The summed E-state index contributed by atoms with van der Waals surface area (Å²) in [5, 5.41) is 3.27. The van der Waals surface area contributed by atoms with Crippen molar-refractivity contribution in [1.82, 2.24) is 10.3 Å². The molecule has 0 unspecified atom stereocenters. The molecule has 0 radical (unpaired) electrons. The molecule has 0 aromatic carbocycles. The van der Waals surface area contributed by atoms with Crippen LogP contribution in [0.15, 0.2) is 18.3 Å². The minimum absolute atomic E-state index is 0.0977. The number of hydrogen-bond donors (Lipinski definition) is 3. The van der Waals surface area contributed by atoms with Gasteiger partial charge in [-0.3, -0.25) is 9.59 Å². The molecule has 1 aromatic rings. The molecular formula is C13H21N5O2. The number of primary amides is 2. The lowest BCUT2D eigenvalue weighted by Gasteiger charge is -2.20. The van der Waals surface area contributed by atoms with Crippen LogP contribution < -0.4 is 21.7 Å². The fraction of sp³-hybridized carbons (Fsp3) is 0.462. The third-order valence-electron chi connectivity index (χ3n) is 2.54. The highest BCUT2D eigenvalue weighted by atomic mass is 16.2. The monoisotopic (exact) mass is 279 g/mol. The van der Waals surface area contributed by atoms with Crippen LogP contribution in [0.4, 0.5) is 5.82 Å². The van der Waals surface area contributed by atoms with Crippen LogP contribution in [0.1, 0.15) is 19.4 Å². The van der Waals surface area contributed by atoms with Crippen molar-refractivity contribution in [2.45, 2.75) is 26.4 Å². The number of carbonyl (C=O) groups is 2. The minimum atomic E-state index is -0.543. The van der Waals surface area contributed by atoms with Gasteiger partial charge in [-0.15, -0.1) is 0 Å². The average molecular weight is 279 g/mol. The van der Waals surface area contributed by atoms with Crippen LogP contribution in [0, 0.1) is 0 Å². The zero-order chi connectivity index (χ0) is 15.1. The van der Waals surface area contributed by atoms with Crippen LogP contribution in [0.25, 0.3) is 0 Å². The Labute approximate surface area is 118 Å². The maximum atomic E-state index is 11.0. The maximum Gasteiger partial charge on any atom is 0.237 e. The van der Waals surface area contributed by atoms with E-state index in [0.717, 1.165) is 5.56 Å². The van der Waals surface area contributed by atoms with Crippen molar-refractivity contribution in [2.75, 3.05) is 18.0 Å². The second kappa shape index (κ2) is 7.44. The minimum Gasteiger partial charge on any atom is -0.368 e. The molecule has 0 fully saturated rings. The van der Waals surface area contributed by atoms with Crippen molar-refractivity contribution >= 4 is 17.6 Å². The molecule has 7 heteroatoms. The topological polar surface area (TPSA) is 114 Å². The number of carbonyl (C=O) groups excluding carboxylic acids is 2. The number of nitrogens with zero attached hydrogens (tertiary/aromatic N) is 2. The summed E-state index contributed by atoms with van der Waals surface area (Å²) in [4.78, 5) is 27.7. The lowest BCUT2D eigenvalue weighted by molar-refractivity contribution is -0.117. The van der Waals surface area contributed by atoms with E-state index in [-0.39, 0.29) is 13.1 Å². The molecule has 0 atom stereocenters. The summed E-state index contributed by atoms with van der Waals surface area (Å²) in [5.74, 6) is -0.590. The molecule has 0 aliphatic carbocycles. The van der Waals surface area contributed by atoms with Gasteiger partial charge < -0.3 is 21.7 Å². The molecule has 1 rings (SSSR count). The van der Waals surface area contributed by atoms with Crippen molar-refractivity contribution in [2.24, 2.45) is 11.5 Å². The highest BCUT2D eigenvalue weighted by Gasteiger charge is 2.13. The van der Waals surface area contributed by atoms with Crippen molar-refractivity contribution in [3.8, 4) is 0 Å². The van der Waals surface area contributed by atoms with E-state index in [9.17, 15) is 9.59 Å². The Bertz CT molecular complexity index is 442. The van der Waals surface area contributed by atoms with Gasteiger partial charge in [-0.25, -0.2) is 4.98 Å². The average Bonchev–Trinajstić information content (AvgIpc) is 2.35. The Morgan fingerprint density at radius 1 is 1.25 bits per heavy atom. The van der Waals surface area contributed by atoms with Gasteiger partial charge in [0.1, 0.15) is 5.82 Å². The molecular weight excluding hydrogens is 258 g/mol. The van der Waals surface area contributed by atoms with E-state index in [1.807, 2.05) is 6.07 Å². The summed E-state index contributed by atoms with van der Waals surface area (Å²) < 4.78 is 0. The summed E-state index contributed by atoms with van der Waals surface area (Å²) in [6.45, 7) is 4.63. The van der Waals surface area contributed by atoms with Crippen LogP contribution in [0.5, 0.6) is 0 Å². The lowest BCUT2D eigenvalue weighted by Crippen LogP contribution is -2.40. The molecule has 20 heavy (non-hydrogen) atoms. The third-order valence-corrected chi connectivity index (χ3v) is 2.54. The van der Waals surface area contributed by atoms with Gasteiger partial charge in [0.15, 0.2) is 0 Å². The molecule has 7 nitrogen and oxygen atoms in total. The fourth-order valence-electron chi connectivity index (χ4n) is 1.62. The van der Waals surface area contributed by atoms with Crippen LogP contribution in [-0.2, 0) is 16.1 Å². The van der Waals surface area contributed by atoms with Gasteiger partial charge in [-0.2, -0.15) is 0 Å². The first-order valence-electron chi connectivity index (χ1n) is 6.38. The predicted octanol–water partition coefficient (Wildman–Crippen LogP) is -0.643. The van der Waals surface area contributed by atoms with Crippen LogP contribution in [0.2, 0.25) is 0 Å². The van der Waals surface area contributed by atoms with Crippen LogP contribution in [-0.4, -0.2) is 35.9 Å². The summed E-state index contributed by atoms with van der Waals surface area (Å²) in [5.41, 5.74) is 11.3. The number of nitrogens with two attached hydrogens (primary N) is 2. The number of pyridine rings is 1. The number of rotatable bonds is 8. The quantitative estimate of drug-likeness (QED) is 0.585. The molecule has 1 heterocycles. The normalized spacial score (nSPS) is 10.6. The molecule has 0 bridgehead atoms. The van der Waals surface area contributed by atoms with E-state index in [1.54, 1.807) is 12.3 Å². The molecule has 0 aliphatic rings. The highest BCUT2D eigenvalue weighted by molar-refractivity contribution is 5.84. The number of anilines is 1.